The third-order valence-corrected chi connectivity index (χ3v) is 4.32. The Kier molecular flexibility index (Phi) is 4.21. The van der Waals surface area contributed by atoms with E-state index in [9.17, 15) is 9.59 Å². The summed E-state index contributed by atoms with van der Waals surface area (Å²) in [5.41, 5.74) is -0.0850. The summed E-state index contributed by atoms with van der Waals surface area (Å²) in [5.74, 6) is 0.552. The molecule has 0 aliphatic carbocycles. The number of carbonyl (C=O) groups is 2. The number of piperazine rings is 1. The zero-order chi connectivity index (χ0) is 15.6. The summed E-state index contributed by atoms with van der Waals surface area (Å²) >= 11 is 0. The second-order valence-electron chi connectivity index (χ2n) is 5.33. The van der Waals surface area contributed by atoms with Crippen molar-refractivity contribution in [3.05, 3.63) is 24.3 Å². The standard InChI is InChI=1S/C16H22N2O3/c1-5-16(6-2)15(20)18(11(3)14(19)17-16)12-7-9-13(21-4)10-8-12/h7-11H,5-6H2,1-4H3,(H,17,19). The van der Waals surface area contributed by atoms with Crippen molar-refractivity contribution in [1.29, 1.82) is 0 Å². The Hall–Kier alpha value is -2.04. The van der Waals surface area contributed by atoms with E-state index >= 15 is 0 Å². The maximum atomic E-state index is 12.9. The molecule has 1 saturated heterocycles. The lowest BCUT2D eigenvalue weighted by molar-refractivity contribution is -0.138. The van der Waals surface area contributed by atoms with E-state index in [1.165, 1.54) is 0 Å². The fourth-order valence-electron chi connectivity index (χ4n) is 2.73. The van der Waals surface area contributed by atoms with Crippen LogP contribution in [0.2, 0.25) is 0 Å². The van der Waals surface area contributed by atoms with Gasteiger partial charge in [-0.25, -0.2) is 0 Å². The number of amides is 2. The van der Waals surface area contributed by atoms with Crippen LogP contribution in [0.5, 0.6) is 5.75 Å². The summed E-state index contributed by atoms with van der Waals surface area (Å²) in [6.07, 6.45) is 1.15. The minimum absolute atomic E-state index is 0.0511. The number of hydrogen-bond acceptors (Lipinski definition) is 3. The average molecular weight is 290 g/mol. The highest BCUT2D eigenvalue weighted by Crippen LogP contribution is 2.30. The van der Waals surface area contributed by atoms with Gasteiger partial charge < -0.3 is 10.1 Å². The van der Waals surface area contributed by atoms with Crippen molar-refractivity contribution < 1.29 is 14.3 Å². The third-order valence-electron chi connectivity index (χ3n) is 4.32. The molecule has 1 aliphatic heterocycles. The van der Waals surface area contributed by atoms with Gasteiger partial charge in [-0.1, -0.05) is 13.8 Å². The summed E-state index contributed by atoms with van der Waals surface area (Å²) in [6, 6.07) is 6.68. The fourth-order valence-corrected chi connectivity index (χ4v) is 2.73. The SMILES string of the molecule is CCC1(CC)NC(=O)C(C)N(c2ccc(OC)cc2)C1=O. The van der Waals surface area contributed by atoms with Crippen LogP contribution >= 0.6 is 0 Å². The number of anilines is 1. The van der Waals surface area contributed by atoms with Crippen LogP contribution in [-0.2, 0) is 9.59 Å². The van der Waals surface area contributed by atoms with Crippen LogP contribution in [0.4, 0.5) is 5.69 Å². The van der Waals surface area contributed by atoms with Crippen LogP contribution in [0.3, 0.4) is 0 Å². The molecule has 5 heteroatoms. The first-order chi connectivity index (χ1) is 9.99. The van der Waals surface area contributed by atoms with Crippen molar-refractivity contribution in [2.45, 2.75) is 45.2 Å². The molecule has 2 rings (SSSR count). The van der Waals surface area contributed by atoms with Gasteiger partial charge in [-0.3, -0.25) is 14.5 Å². The van der Waals surface area contributed by atoms with E-state index in [2.05, 4.69) is 5.32 Å². The maximum Gasteiger partial charge on any atom is 0.253 e. The molecule has 1 N–H and O–H groups in total. The molecule has 1 heterocycles. The molecule has 0 saturated carbocycles. The summed E-state index contributed by atoms with van der Waals surface area (Å²) in [5, 5.41) is 2.90. The second-order valence-corrected chi connectivity index (χ2v) is 5.33. The lowest BCUT2D eigenvalue weighted by Crippen LogP contribution is -2.69. The van der Waals surface area contributed by atoms with Crippen molar-refractivity contribution in [2.24, 2.45) is 0 Å². The van der Waals surface area contributed by atoms with E-state index in [1.54, 1.807) is 31.1 Å². The number of rotatable bonds is 4. The molecular formula is C16H22N2O3. The summed E-state index contributed by atoms with van der Waals surface area (Å²) < 4.78 is 5.13. The molecule has 1 unspecified atom stereocenters. The molecule has 0 radical (unpaired) electrons. The molecule has 0 spiro atoms. The average Bonchev–Trinajstić information content (AvgIpc) is 2.52. The molecule has 0 aromatic heterocycles. The van der Waals surface area contributed by atoms with Crippen LogP contribution in [0.15, 0.2) is 24.3 Å². The van der Waals surface area contributed by atoms with Crippen molar-refractivity contribution in [3.8, 4) is 5.75 Å². The molecule has 1 fully saturated rings. The smallest absolute Gasteiger partial charge is 0.253 e. The molecule has 5 nitrogen and oxygen atoms in total. The largest absolute Gasteiger partial charge is 0.497 e. The zero-order valence-corrected chi connectivity index (χ0v) is 13.0. The zero-order valence-electron chi connectivity index (χ0n) is 13.0. The Morgan fingerprint density at radius 3 is 2.24 bits per heavy atom. The van der Waals surface area contributed by atoms with E-state index in [-0.39, 0.29) is 11.8 Å². The van der Waals surface area contributed by atoms with Crippen molar-refractivity contribution in [1.82, 2.24) is 5.32 Å². The van der Waals surface area contributed by atoms with E-state index < -0.39 is 11.6 Å². The van der Waals surface area contributed by atoms with Crippen LogP contribution in [0.25, 0.3) is 0 Å². The van der Waals surface area contributed by atoms with Crippen LogP contribution in [-0.4, -0.2) is 30.5 Å². The molecular weight excluding hydrogens is 268 g/mol. The number of methoxy groups -OCH3 is 1. The first-order valence-electron chi connectivity index (χ1n) is 7.28. The third kappa shape index (κ3) is 2.48. The van der Waals surface area contributed by atoms with Gasteiger partial charge in [0.2, 0.25) is 5.91 Å². The number of ether oxygens (including phenoxy) is 1. The van der Waals surface area contributed by atoms with E-state index in [0.29, 0.717) is 12.8 Å². The van der Waals surface area contributed by atoms with Crippen LogP contribution in [0.1, 0.15) is 33.6 Å². The van der Waals surface area contributed by atoms with Gasteiger partial charge in [-0.05, 0) is 44.0 Å². The minimum atomic E-state index is -0.802. The molecule has 2 amide bonds. The highest BCUT2D eigenvalue weighted by Gasteiger charge is 2.47. The first kappa shape index (κ1) is 15.4. The topological polar surface area (TPSA) is 58.6 Å². The molecule has 1 aliphatic rings. The van der Waals surface area contributed by atoms with Crippen molar-refractivity contribution >= 4 is 17.5 Å². The lowest BCUT2D eigenvalue weighted by Gasteiger charge is -2.44. The monoisotopic (exact) mass is 290 g/mol. The summed E-state index contributed by atoms with van der Waals surface area (Å²) in [7, 11) is 1.59. The van der Waals surface area contributed by atoms with Crippen LogP contribution in [0, 0.1) is 0 Å². The number of benzene rings is 1. The Balaban J connectivity index is 2.42. The predicted octanol–water partition coefficient (Wildman–Crippen LogP) is 2.11. The Morgan fingerprint density at radius 2 is 1.76 bits per heavy atom. The Labute approximate surface area is 125 Å². The minimum Gasteiger partial charge on any atom is -0.497 e. The lowest BCUT2D eigenvalue weighted by atomic mass is 9.87. The second kappa shape index (κ2) is 5.76. The van der Waals surface area contributed by atoms with E-state index in [0.717, 1.165) is 11.4 Å². The highest BCUT2D eigenvalue weighted by molar-refractivity contribution is 6.10. The van der Waals surface area contributed by atoms with E-state index in [4.69, 9.17) is 4.74 Å². The normalized spacial score (nSPS) is 21.1. The molecule has 1 atom stereocenters. The number of nitrogens with zero attached hydrogens (tertiary/aromatic N) is 1. The first-order valence-corrected chi connectivity index (χ1v) is 7.28. The van der Waals surface area contributed by atoms with Crippen molar-refractivity contribution in [2.75, 3.05) is 12.0 Å². The van der Waals surface area contributed by atoms with Crippen LogP contribution < -0.4 is 15.0 Å². The maximum absolute atomic E-state index is 12.9. The van der Waals surface area contributed by atoms with Gasteiger partial charge in [0.05, 0.1) is 7.11 Å². The number of hydrogen-bond donors (Lipinski definition) is 1. The molecule has 1 aromatic carbocycles. The molecule has 0 bridgehead atoms. The quantitative estimate of drug-likeness (QED) is 0.924. The van der Waals surface area contributed by atoms with E-state index in [1.807, 2.05) is 26.0 Å². The van der Waals surface area contributed by atoms with Gasteiger partial charge in [0, 0.05) is 5.69 Å². The fraction of sp³-hybridized carbons (Fsp3) is 0.500. The van der Waals surface area contributed by atoms with Gasteiger partial charge >= 0.3 is 0 Å². The van der Waals surface area contributed by atoms with Gasteiger partial charge in [-0.2, -0.15) is 0 Å². The molecule has 114 valence electrons. The predicted molar refractivity (Wildman–Crippen MR) is 81.4 cm³/mol. The van der Waals surface area contributed by atoms with Crippen molar-refractivity contribution in [3.63, 3.8) is 0 Å². The summed E-state index contributed by atoms with van der Waals surface area (Å²) in [6.45, 7) is 5.58. The van der Waals surface area contributed by atoms with Gasteiger partial charge in [0.1, 0.15) is 17.3 Å². The van der Waals surface area contributed by atoms with Gasteiger partial charge in [0.25, 0.3) is 5.91 Å². The highest BCUT2D eigenvalue weighted by atomic mass is 16.5. The van der Waals surface area contributed by atoms with Gasteiger partial charge in [-0.15, -0.1) is 0 Å². The molecule has 21 heavy (non-hydrogen) atoms. The number of nitrogens with one attached hydrogen (secondary N) is 1. The summed E-state index contributed by atoms with van der Waals surface area (Å²) in [4.78, 5) is 26.7. The number of carbonyl (C=O) groups excluding carboxylic acids is 2. The van der Waals surface area contributed by atoms with Gasteiger partial charge in [0.15, 0.2) is 0 Å². The molecule has 1 aromatic rings. The Bertz CT molecular complexity index is 535. The Morgan fingerprint density at radius 1 is 1.19 bits per heavy atom.